The van der Waals surface area contributed by atoms with Crippen LogP contribution in [0.3, 0.4) is 0 Å². The van der Waals surface area contributed by atoms with Gasteiger partial charge in [-0.05, 0) is 46.8 Å². The van der Waals surface area contributed by atoms with Crippen LogP contribution in [0.1, 0.15) is 10.4 Å². The van der Waals surface area contributed by atoms with Gasteiger partial charge in [0.15, 0.2) is 11.5 Å². The number of nitrogens with one attached hydrogen (secondary N) is 2. The normalized spacial score (nSPS) is 11.8. The van der Waals surface area contributed by atoms with E-state index in [1.807, 2.05) is 30.3 Å². The van der Waals surface area contributed by atoms with Crippen LogP contribution in [0.2, 0.25) is 0 Å². The number of tetrazole rings is 1. The van der Waals surface area contributed by atoms with Gasteiger partial charge in [0, 0.05) is 11.8 Å². The number of benzene rings is 3. The molecule has 5 rings (SSSR count). The van der Waals surface area contributed by atoms with E-state index >= 15 is 0 Å². The van der Waals surface area contributed by atoms with Gasteiger partial charge in [0.25, 0.3) is 5.91 Å². The number of amides is 2. The van der Waals surface area contributed by atoms with Gasteiger partial charge in [-0.25, -0.2) is 0 Å². The highest BCUT2D eigenvalue weighted by Gasteiger charge is 2.18. The zero-order chi connectivity index (χ0) is 23.3. The standard InChI is InChI=1S/C23H18N6O4S/c30-21(13-34-23-26-27-28-29(23)16-6-2-1-3-7-16)25-18-9-5-4-8-17(18)22(31)24-15-10-11-19-20(12-15)33-14-32-19/h1-12H,13-14H2,(H,24,31)(H,25,30). The summed E-state index contributed by atoms with van der Waals surface area (Å²) in [5, 5.41) is 17.8. The van der Waals surface area contributed by atoms with Crippen molar-refractivity contribution in [3.63, 3.8) is 0 Å². The van der Waals surface area contributed by atoms with Gasteiger partial charge >= 0.3 is 0 Å². The van der Waals surface area contributed by atoms with E-state index in [-0.39, 0.29) is 24.4 Å². The Hall–Kier alpha value is -4.38. The summed E-state index contributed by atoms with van der Waals surface area (Å²) < 4.78 is 12.2. The van der Waals surface area contributed by atoms with Gasteiger partial charge in [0.2, 0.25) is 17.9 Å². The van der Waals surface area contributed by atoms with E-state index in [0.717, 1.165) is 5.69 Å². The molecule has 4 aromatic rings. The summed E-state index contributed by atoms with van der Waals surface area (Å²) in [5.74, 6) is 0.591. The highest BCUT2D eigenvalue weighted by molar-refractivity contribution is 7.99. The maximum Gasteiger partial charge on any atom is 0.257 e. The third-order valence-corrected chi connectivity index (χ3v) is 5.77. The molecule has 0 radical (unpaired) electrons. The zero-order valence-electron chi connectivity index (χ0n) is 17.7. The number of nitrogens with zero attached hydrogens (tertiary/aromatic N) is 4. The molecule has 2 N–H and O–H groups in total. The van der Waals surface area contributed by atoms with Gasteiger partial charge in [0.1, 0.15) is 0 Å². The number of fused-ring (bicyclic) bond motifs is 1. The van der Waals surface area contributed by atoms with Crippen molar-refractivity contribution in [3.8, 4) is 17.2 Å². The van der Waals surface area contributed by atoms with Crippen molar-refractivity contribution in [1.82, 2.24) is 20.2 Å². The van der Waals surface area contributed by atoms with Crippen molar-refractivity contribution in [2.24, 2.45) is 0 Å². The molecule has 1 aliphatic rings. The largest absolute Gasteiger partial charge is 0.454 e. The summed E-state index contributed by atoms with van der Waals surface area (Å²) >= 11 is 1.19. The number of anilines is 2. The fourth-order valence-corrected chi connectivity index (χ4v) is 3.97. The molecule has 1 aliphatic heterocycles. The first-order valence-electron chi connectivity index (χ1n) is 10.2. The van der Waals surface area contributed by atoms with Gasteiger partial charge in [-0.3, -0.25) is 9.59 Å². The average molecular weight is 475 g/mol. The Morgan fingerprint density at radius 3 is 2.62 bits per heavy atom. The van der Waals surface area contributed by atoms with E-state index in [4.69, 9.17) is 9.47 Å². The first kappa shape index (κ1) is 21.5. The van der Waals surface area contributed by atoms with Crippen molar-refractivity contribution >= 4 is 35.0 Å². The number of hydrogen-bond donors (Lipinski definition) is 2. The van der Waals surface area contributed by atoms with E-state index in [1.165, 1.54) is 11.8 Å². The molecule has 0 saturated heterocycles. The van der Waals surface area contributed by atoms with Gasteiger partial charge < -0.3 is 20.1 Å². The van der Waals surface area contributed by atoms with E-state index in [0.29, 0.717) is 33.6 Å². The number of carbonyl (C=O) groups is 2. The summed E-state index contributed by atoms with van der Waals surface area (Å²) in [6.45, 7) is 0.150. The summed E-state index contributed by atoms with van der Waals surface area (Å²) in [4.78, 5) is 25.5. The molecule has 34 heavy (non-hydrogen) atoms. The number of carbonyl (C=O) groups excluding carboxylic acids is 2. The Balaban J connectivity index is 1.24. The molecule has 0 spiro atoms. The van der Waals surface area contributed by atoms with Crippen LogP contribution in [0.15, 0.2) is 78.0 Å². The molecule has 3 aromatic carbocycles. The van der Waals surface area contributed by atoms with Gasteiger partial charge in [0.05, 0.1) is 22.7 Å². The maximum absolute atomic E-state index is 12.9. The first-order valence-corrected chi connectivity index (χ1v) is 11.2. The van der Waals surface area contributed by atoms with Crippen LogP contribution in [0, 0.1) is 0 Å². The summed E-state index contributed by atoms with van der Waals surface area (Å²) in [7, 11) is 0. The number of hydrogen-bond acceptors (Lipinski definition) is 8. The minimum Gasteiger partial charge on any atom is -0.454 e. The highest BCUT2D eigenvalue weighted by atomic mass is 32.2. The number of thioether (sulfide) groups is 1. The first-order chi connectivity index (χ1) is 16.7. The molecule has 0 fully saturated rings. The van der Waals surface area contributed by atoms with Crippen molar-refractivity contribution in [1.29, 1.82) is 0 Å². The summed E-state index contributed by atoms with van der Waals surface area (Å²) in [5.41, 5.74) is 2.07. The van der Waals surface area contributed by atoms with Crippen molar-refractivity contribution in [3.05, 3.63) is 78.4 Å². The molecule has 0 bridgehead atoms. The Kier molecular flexibility index (Phi) is 6.08. The second-order valence-electron chi connectivity index (χ2n) is 7.11. The van der Waals surface area contributed by atoms with Crippen LogP contribution >= 0.6 is 11.8 Å². The molecule has 1 aromatic heterocycles. The number of ether oxygens (including phenoxy) is 2. The Bertz CT molecular complexity index is 1340. The number of para-hydroxylation sites is 2. The maximum atomic E-state index is 12.9. The van der Waals surface area contributed by atoms with E-state index in [2.05, 4.69) is 26.2 Å². The van der Waals surface area contributed by atoms with Crippen LogP contribution in [0.4, 0.5) is 11.4 Å². The summed E-state index contributed by atoms with van der Waals surface area (Å²) in [6.07, 6.45) is 0. The molecule has 0 unspecified atom stereocenters. The zero-order valence-corrected chi connectivity index (χ0v) is 18.5. The predicted molar refractivity (Wildman–Crippen MR) is 125 cm³/mol. The van der Waals surface area contributed by atoms with Crippen LogP contribution in [-0.2, 0) is 4.79 Å². The predicted octanol–water partition coefficient (Wildman–Crippen LogP) is 3.37. The Morgan fingerprint density at radius 1 is 0.941 bits per heavy atom. The quantitative estimate of drug-likeness (QED) is 0.391. The van der Waals surface area contributed by atoms with E-state index < -0.39 is 0 Å². The molecule has 0 atom stereocenters. The van der Waals surface area contributed by atoms with E-state index in [1.54, 1.807) is 47.1 Å². The highest BCUT2D eigenvalue weighted by Crippen LogP contribution is 2.34. The van der Waals surface area contributed by atoms with Crippen LogP contribution in [0.5, 0.6) is 11.5 Å². The molecule has 2 heterocycles. The smallest absolute Gasteiger partial charge is 0.257 e. The second-order valence-corrected chi connectivity index (χ2v) is 8.06. The third kappa shape index (κ3) is 4.69. The van der Waals surface area contributed by atoms with Crippen molar-refractivity contribution in [2.45, 2.75) is 5.16 Å². The monoisotopic (exact) mass is 474 g/mol. The van der Waals surface area contributed by atoms with Gasteiger partial charge in [-0.1, -0.05) is 42.1 Å². The third-order valence-electron chi connectivity index (χ3n) is 4.85. The SMILES string of the molecule is O=C(CSc1nnnn1-c1ccccc1)Nc1ccccc1C(=O)Nc1ccc2c(c1)OCO2. The van der Waals surface area contributed by atoms with E-state index in [9.17, 15) is 9.59 Å². The topological polar surface area (TPSA) is 120 Å². The lowest BCUT2D eigenvalue weighted by atomic mass is 10.1. The van der Waals surface area contributed by atoms with Crippen LogP contribution in [0.25, 0.3) is 5.69 Å². The number of aromatic nitrogens is 4. The molecule has 0 aliphatic carbocycles. The Labute approximate surface area is 198 Å². The minimum absolute atomic E-state index is 0.0608. The lowest BCUT2D eigenvalue weighted by Crippen LogP contribution is -2.19. The lowest BCUT2D eigenvalue weighted by Gasteiger charge is -2.12. The van der Waals surface area contributed by atoms with Crippen LogP contribution in [-0.4, -0.2) is 44.6 Å². The van der Waals surface area contributed by atoms with Gasteiger partial charge in [-0.15, -0.1) is 5.10 Å². The molecular weight excluding hydrogens is 456 g/mol. The van der Waals surface area contributed by atoms with Crippen molar-refractivity contribution < 1.29 is 19.1 Å². The minimum atomic E-state index is -0.365. The summed E-state index contributed by atoms with van der Waals surface area (Å²) in [6, 6.07) is 21.3. The lowest BCUT2D eigenvalue weighted by molar-refractivity contribution is -0.113. The van der Waals surface area contributed by atoms with Gasteiger partial charge in [-0.2, -0.15) is 4.68 Å². The van der Waals surface area contributed by atoms with Crippen LogP contribution < -0.4 is 20.1 Å². The van der Waals surface area contributed by atoms with Crippen molar-refractivity contribution in [2.75, 3.05) is 23.2 Å². The second kappa shape index (κ2) is 9.63. The molecule has 0 saturated carbocycles. The fourth-order valence-electron chi connectivity index (χ4n) is 3.28. The molecule has 11 heteroatoms. The average Bonchev–Trinajstić information content (AvgIpc) is 3.53. The number of rotatable bonds is 7. The molecule has 2 amide bonds. The molecular formula is C23H18N6O4S. The fraction of sp³-hybridized carbons (Fsp3) is 0.0870. The molecule has 170 valence electrons. The molecule has 10 nitrogen and oxygen atoms in total. The Morgan fingerprint density at radius 2 is 1.74 bits per heavy atom.